The van der Waals surface area contributed by atoms with Crippen molar-refractivity contribution in [2.45, 2.75) is 39.5 Å². The average molecular weight is 365 g/mol. The minimum atomic E-state index is -0.316. The fourth-order valence-electron chi connectivity index (χ4n) is 3.34. The van der Waals surface area contributed by atoms with Crippen molar-refractivity contribution in [3.05, 3.63) is 53.6 Å². The highest BCUT2D eigenvalue weighted by Crippen LogP contribution is 2.22. The fraction of sp³-hybridized carbons (Fsp3) is 0.364. The molecule has 1 aliphatic heterocycles. The Morgan fingerprint density at radius 1 is 0.889 bits per heavy atom. The number of anilines is 3. The molecule has 27 heavy (non-hydrogen) atoms. The Labute approximate surface area is 160 Å². The topological polar surface area (TPSA) is 61.4 Å². The first-order valence-corrected chi connectivity index (χ1v) is 9.54. The molecule has 0 atom stereocenters. The second-order valence-electron chi connectivity index (χ2n) is 7.12. The van der Waals surface area contributed by atoms with Crippen LogP contribution < -0.4 is 15.5 Å². The third-order valence-corrected chi connectivity index (χ3v) is 5.07. The summed E-state index contributed by atoms with van der Waals surface area (Å²) in [6.07, 6.45) is 3.55. The van der Waals surface area contributed by atoms with Crippen molar-refractivity contribution in [3.8, 4) is 0 Å². The van der Waals surface area contributed by atoms with Crippen LogP contribution in [0.3, 0.4) is 0 Å². The first kappa shape index (κ1) is 19.0. The Hall–Kier alpha value is -2.82. The van der Waals surface area contributed by atoms with Crippen molar-refractivity contribution in [2.24, 2.45) is 0 Å². The van der Waals surface area contributed by atoms with E-state index < -0.39 is 0 Å². The number of rotatable bonds is 5. The molecule has 0 bridgehead atoms. The van der Waals surface area contributed by atoms with Crippen molar-refractivity contribution in [3.63, 3.8) is 0 Å². The van der Waals surface area contributed by atoms with Gasteiger partial charge >= 0.3 is 0 Å². The molecular formula is C22H27N3O2. The summed E-state index contributed by atoms with van der Waals surface area (Å²) in [5, 5.41) is 5.61. The number of amides is 2. The van der Waals surface area contributed by atoms with Crippen molar-refractivity contribution < 1.29 is 9.59 Å². The minimum Gasteiger partial charge on any atom is -0.372 e. The van der Waals surface area contributed by atoms with Gasteiger partial charge in [-0.1, -0.05) is 12.1 Å². The number of nitrogens with one attached hydrogen (secondary N) is 2. The highest BCUT2D eigenvalue weighted by atomic mass is 16.2. The van der Waals surface area contributed by atoms with E-state index in [9.17, 15) is 9.59 Å². The van der Waals surface area contributed by atoms with Gasteiger partial charge in [0, 0.05) is 30.2 Å². The minimum absolute atomic E-state index is 0.207. The van der Waals surface area contributed by atoms with E-state index in [0.29, 0.717) is 5.69 Å². The van der Waals surface area contributed by atoms with Crippen molar-refractivity contribution in [1.82, 2.24) is 0 Å². The monoisotopic (exact) mass is 365 g/mol. The van der Waals surface area contributed by atoms with E-state index in [1.165, 1.54) is 24.9 Å². The largest absolute Gasteiger partial charge is 0.372 e. The van der Waals surface area contributed by atoms with Crippen LogP contribution in [0.25, 0.3) is 0 Å². The molecule has 0 aromatic heterocycles. The Morgan fingerprint density at radius 2 is 1.56 bits per heavy atom. The summed E-state index contributed by atoms with van der Waals surface area (Å²) >= 11 is 0. The van der Waals surface area contributed by atoms with E-state index in [4.69, 9.17) is 0 Å². The van der Waals surface area contributed by atoms with Gasteiger partial charge in [0.2, 0.25) is 11.8 Å². The van der Waals surface area contributed by atoms with Gasteiger partial charge in [-0.15, -0.1) is 0 Å². The Bertz CT molecular complexity index is 809. The predicted molar refractivity (Wildman–Crippen MR) is 110 cm³/mol. The lowest BCUT2D eigenvalue weighted by Gasteiger charge is -2.28. The molecule has 1 heterocycles. The quantitative estimate of drug-likeness (QED) is 0.778. The van der Waals surface area contributed by atoms with Crippen LogP contribution in [0.15, 0.2) is 42.5 Å². The molecule has 2 amide bonds. The maximum absolute atomic E-state index is 12.2. The molecule has 1 saturated heterocycles. The maximum atomic E-state index is 12.2. The normalized spacial score (nSPS) is 13.9. The van der Waals surface area contributed by atoms with Gasteiger partial charge in [-0.05, 0) is 74.6 Å². The molecule has 1 aliphatic rings. The van der Waals surface area contributed by atoms with Gasteiger partial charge in [-0.3, -0.25) is 9.59 Å². The predicted octanol–water partition coefficient (Wildman–Crippen LogP) is 4.26. The summed E-state index contributed by atoms with van der Waals surface area (Å²) in [6, 6.07) is 13.6. The van der Waals surface area contributed by atoms with Crippen LogP contribution in [-0.2, 0) is 9.59 Å². The van der Waals surface area contributed by atoms with Crippen LogP contribution in [-0.4, -0.2) is 24.9 Å². The molecule has 0 aliphatic carbocycles. The molecule has 2 aromatic rings. The molecule has 0 saturated carbocycles. The summed E-state index contributed by atoms with van der Waals surface area (Å²) in [7, 11) is 0. The lowest BCUT2D eigenvalue weighted by Crippen LogP contribution is -2.29. The van der Waals surface area contributed by atoms with Gasteiger partial charge < -0.3 is 15.5 Å². The van der Waals surface area contributed by atoms with Crippen molar-refractivity contribution in [2.75, 3.05) is 28.6 Å². The molecule has 2 N–H and O–H groups in total. The van der Waals surface area contributed by atoms with E-state index in [-0.39, 0.29) is 18.2 Å². The third-order valence-electron chi connectivity index (χ3n) is 5.07. The van der Waals surface area contributed by atoms with Gasteiger partial charge in [0.15, 0.2) is 0 Å². The lowest BCUT2D eigenvalue weighted by atomic mass is 10.1. The van der Waals surface area contributed by atoms with E-state index in [0.717, 1.165) is 29.9 Å². The number of benzene rings is 2. The van der Waals surface area contributed by atoms with E-state index >= 15 is 0 Å². The zero-order valence-corrected chi connectivity index (χ0v) is 16.0. The third kappa shape index (κ3) is 5.09. The first-order chi connectivity index (χ1) is 13.0. The number of hydrogen-bond acceptors (Lipinski definition) is 3. The molecule has 2 aromatic carbocycles. The molecular weight excluding hydrogens is 338 g/mol. The molecule has 3 rings (SSSR count). The van der Waals surface area contributed by atoms with E-state index in [1.54, 1.807) is 0 Å². The van der Waals surface area contributed by atoms with Gasteiger partial charge in [-0.2, -0.15) is 0 Å². The van der Waals surface area contributed by atoms with Crippen LogP contribution in [0.5, 0.6) is 0 Å². The number of carbonyl (C=O) groups is 2. The first-order valence-electron chi connectivity index (χ1n) is 9.54. The fourth-order valence-corrected chi connectivity index (χ4v) is 3.34. The Kier molecular flexibility index (Phi) is 6.12. The molecule has 0 radical (unpaired) electrons. The van der Waals surface area contributed by atoms with Crippen molar-refractivity contribution in [1.29, 1.82) is 0 Å². The standard InChI is InChI=1S/C22H27N3O2/c1-16-7-6-8-20(17(16)2)24-22(27)15-21(26)23-18-9-11-19(12-10-18)25-13-4-3-5-14-25/h6-12H,3-5,13-15H2,1-2H3,(H,23,26)(H,24,27). The summed E-state index contributed by atoms with van der Waals surface area (Å²) in [4.78, 5) is 26.7. The van der Waals surface area contributed by atoms with Crippen LogP contribution >= 0.6 is 0 Å². The SMILES string of the molecule is Cc1cccc(NC(=O)CC(=O)Nc2ccc(N3CCCCC3)cc2)c1C. The highest BCUT2D eigenvalue weighted by molar-refractivity contribution is 6.08. The van der Waals surface area contributed by atoms with Crippen LogP contribution in [0.2, 0.25) is 0 Å². The Morgan fingerprint density at radius 3 is 2.26 bits per heavy atom. The van der Waals surface area contributed by atoms with Crippen LogP contribution in [0.4, 0.5) is 17.1 Å². The van der Waals surface area contributed by atoms with E-state index in [2.05, 4.69) is 15.5 Å². The van der Waals surface area contributed by atoms with Crippen molar-refractivity contribution >= 4 is 28.9 Å². The number of nitrogens with zero attached hydrogens (tertiary/aromatic N) is 1. The van der Waals surface area contributed by atoms with Crippen LogP contribution in [0.1, 0.15) is 36.8 Å². The highest BCUT2D eigenvalue weighted by Gasteiger charge is 2.13. The second kappa shape index (κ2) is 8.71. The summed E-state index contributed by atoms with van der Waals surface area (Å²) < 4.78 is 0. The summed E-state index contributed by atoms with van der Waals surface area (Å²) in [5.74, 6) is -0.630. The second-order valence-corrected chi connectivity index (χ2v) is 7.12. The van der Waals surface area contributed by atoms with Gasteiger partial charge in [0.1, 0.15) is 6.42 Å². The zero-order valence-electron chi connectivity index (χ0n) is 16.0. The van der Waals surface area contributed by atoms with Gasteiger partial charge in [0.25, 0.3) is 0 Å². The number of piperidine rings is 1. The van der Waals surface area contributed by atoms with E-state index in [1.807, 2.05) is 56.3 Å². The average Bonchev–Trinajstić information content (AvgIpc) is 2.66. The Balaban J connectivity index is 1.52. The lowest BCUT2D eigenvalue weighted by molar-refractivity contribution is -0.123. The summed E-state index contributed by atoms with van der Waals surface area (Å²) in [6.45, 7) is 6.12. The number of hydrogen-bond donors (Lipinski definition) is 2. The maximum Gasteiger partial charge on any atom is 0.233 e. The molecule has 5 heteroatoms. The molecule has 5 nitrogen and oxygen atoms in total. The smallest absolute Gasteiger partial charge is 0.233 e. The zero-order chi connectivity index (χ0) is 19.2. The molecule has 0 unspecified atom stereocenters. The van der Waals surface area contributed by atoms with Gasteiger partial charge in [0.05, 0.1) is 0 Å². The summed E-state index contributed by atoms with van der Waals surface area (Å²) in [5.41, 5.74) is 4.75. The van der Waals surface area contributed by atoms with Gasteiger partial charge in [-0.25, -0.2) is 0 Å². The molecule has 0 spiro atoms. The molecule has 1 fully saturated rings. The number of carbonyl (C=O) groups excluding carboxylic acids is 2. The number of aryl methyl sites for hydroxylation is 1. The molecule has 142 valence electrons. The van der Waals surface area contributed by atoms with Crippen LogP contribution in [0, 0.1) is 13.8 Å².